The lowest BCUT2D eigenvalue weighted by atomic mass is 10.2. The second kappa shape index (κ2) is 5.41. The fraction of sp³-hybridized carbons (Fsp3) is 0.182. The van der Waals surface area contributed by atoms with Crippen molar-refractivity contribution < 1.29 is 4.92 Å². The van der Waals surface area contributed by atoms with Gasteiger partial charge in [-0.05, 0) is 13.0 Å². The van der Waals surface area contributed by atoms with Gasteiger partial charge in [-0.3, -0.25) is 10.1 Å². The van der Waals surface area contributed by atoms with E-state index in [9.17, 15) is 10.1 Å². The van der Waals surface area contributed by atoms with Gasteiger partial charge in [0.25, 0.3) is 0 Å². The summed E-state index contributed by atoms with van der Waals surface area (Å²) < 4.78 is 0. The van der Waals surface area contributed by atoms with Crippen molar-refractivity contribution in [2.75, 3.05) is 5.32 Å². The molecule has 0 unspecified atom stereocenters. The third-order valence-electron chi connectivity index (χ3n) is 2.49. The minimum absolute atomic E-state index is 0.0106. The van der Waals surface area contributed by atoms with Gasteiger partial charge in [-0.15, -0.1) is 11.3 Å². The molecular weight excluding hydrogens is 266 g/mol. The van der Waals surface area contributed by atoms with Crippen LogP contribution in [0.3, 0.4) is 0 Å². The molecule has 0 aliphatic rings. The Morgan fingerprint density at radius 2 is 2.37 bits per heavy atom. The minimum atomic E-state index is -0.604. The summed E-state index contributed by atoms with van der Waals surface area (Å²) in [5.41, 5.74) is 2.27. The lowest BCUT2D eigenvalue weighted by Crippen LogP contribution is -2.05. The van der Waals surface area contributed by atoms with Gasteiger partial charge < -0.3 is 5.32 Å². The predicted molar refractivity (Wildman–Crippen MR) is 69.8 cm³/mol. The molecule has 0 aromatic carbocycles. The van der Waals surface area contributed by atoms with Crippen LogP contribution in [0, 0.1) is 28.4 Å². The highest BCUT2D eigenvalue weighted by molar-refractivity contribution is 7.09. The Morgan fingerprint density at radius 3 is 2.95 bits per heavy atom. The van der Waals surface area contributed by atoms with Crippen LogP contribution in [0.2, 0.25) is 0 Å². The third kappa shape index (κ3) is 2.66. The number of anilines is 1. The van der Waals surface area contributed by atoms with Gasteiger partial charge in [-0.25, -0.2) is 9.97 Å². The molecule has 2 aromatic heterocycles. The van der Waals surface area contributed by atoms with Gasteiger partial charge >= 0.3 is 5.69 Å². The van der Waals surface area contributed by atoms with Crippen LogP contribution in [0.4, 0.5) is 11.5 Å². The summed E-state index contributed by atoms with van der Waals surface area (Å²) in [4.78, 5) is 19.4. The topological polar surface area (TPSA) is 105 Å². The van der Waals surface area contributed by atoms with Crippen LogP contribution in [-0.4, -0.2) is 14.9 Å². The van der Waals surface area contributed by atoms with Gasteiger partial charge in [0.15, 0.2) is 0 Å². The van der Waals surface area contributed by atoms with E-state index in [0.29, 0.717) is 6.54 Å². The summed E-state index contributed by atoms with van der Waals surface area (Å²) in [5.74, 6) is 0.0943. The fourth-order valence-electron chi connectivity index (χ4n) is 1.52. The number of rotatable bonds is 4. The lowest BCUT2D eigenvalue weighted by molar-refractivity contribution is -0.384. The Balaban J connectivity index is 2.28. The average molecular weight is 275 g/mol. The van der Waals surface area contributed by atoms with E-state index in [1.54, 1.807) is 11.6 Å². The molecule has 96 valence electrons. The molecule has 1 N–H and O–H groups in total. The van der Waals surface area contributed by atoms with E-state index in [2.05, 4.69) is 15.3 Å². The second-order valence-electron chi connectivity index (χ2n) is 3.64. The van der Waals surface area contributed by atoms with Crippen LogP contribution >= 0.6 is 11.3 Å². The van der Waals surface area contributed by atoms with Crippen molar-refractivity contribution >= 4 is 22.8 Å². The normalized spacial score (nSPS) is 9.89. The summed E-state index contributed by atoms with van der Waals surface area (Å²) >= 11 is 1.46. The molecule has 0 amide bonds. The first-order chi connectivity index (χ1) is 9.13. The van der Waals surface area contributed by atoms with Crippen LogP contribution in [-0.2, 0) is 6.54 Å². The summed E-state index contributed by atoms with van der Waals surface area (Å²) in [6.07, 6.45) is 1.37. The fourth-order valence-corrected chi connectivity index (χ4v) is 2.24. The Kier molecular flexibility index (Phi) is 3.68. The van der Waals surface area contributed by atoms with Gasteiger partial charge in [-0.1, -0.05) is 0 Å². The molecule has 7 nitrogen and oxygen atoms in total. The quantitative estimate of drug-likeness (QED) is 0.677. The molecule has 0 saturated heterocycles. The van der Waals surface area contributed by atoms with Crippen LogP contribution in [0.1, 0.15) is 16.1 Å². The number of aromatic nitrogens is 2. The maximum atomic E-state index is 11.0. The molecule has 2 rings (SSSR count). The number of thiazole rings is 1. The van der Waals surface area contributed by atoms with Crippen molar-refractivity contribution in [3.05, 3.63) is 44.0 Å². The standard InChI is InChI=1S/C11H9N5O2S/c1-7-9(19-6-15-7)5-14-11-10(16(17)18)8(4-12)2-3-13-11/h2-3,6H,5H2,1H3,(H,13,14). The molecule has 8 heteroatoms. The second-order valence-corrected chi connectivity index (χ2v) is 4.58. The molecule has 19 heavy (non-hydrogen) atoms. The Hall–Kier alpha value is -2.53. The maximum Gasteiger partial charge on any atom is 0.328 e. The summed E-state index contributed by atoms with van der Waals surface area (Å²) in [6, 6.07) is 3.11. The Morgan fingerprint density at radius 1 is 1.58 bits per heavy atom. The number of pyridine rings is 1. The number of hydrogen-bond acceptors (Lipinski definition) is 7. The van der Waals surface area contributed by atoms with E-state index in [4.69, 9.17) is 5.26 Å². The molecule has 0 fully saturated rings. The Bertz CT molecular complexity index is 661. The summed E-state index contributed by atoms with van der Waals surface area (Å²) in [6.45, 7) is 2.25. The highest BCUT2D eigenvalue weighted by atomic mass is 32.1. The van der Waals surface area contributed by atoms with Crippen LogP contribution < -0.4 is 5.32 Å². The molecule has 0 radical (unpaired) electrons. The van der Waals surface area contributed by atoms with Crippen LogP contribution in [0.15, 0.2) is 17.8 Å². The smallest absolute Gasteiger partial charge is 0.328 e. The largest absolute Gasteiger partial charge is 0.359 e. The van der Waals surface area contributed by atoms with Crippen LogP contribution in [0.25, 0.3) is 0 Å². The van der Waals surface area contributed by atoms with E-state index in [0.717, 1.165) is 10.6 Å². The highest BCUT2D eigenvalue weighted by Crippen LogP contribution is 2.26. The zero-order valence-corrected chi connectivity index (χ0v) is 10.8. The number of nitriles is 1. The van der Waals surface area contributed by atoms with Gasteiger partial charge in [0.1, 0.15) is 11.6 Å². The van der Waals surface area contributed by atoms with Crippen molar-refractivity contribution in [1.82, 2.24) is 9.97 Å². The third-order valence-corrected chi connectivity index (χ3v) is 3.42. The van der Waals surface area contributed by atoms with Crippen molar-refractivity contribution in [3.63, 3.8) is 0 Å². The number of nitrogens with one attached hydrogen (secondary N) is 1. The number of nitrogens with zero attached hydrogens (tertiary/aromatic N) is 4. The molecule has 0 aliphatic heterocycles. The van der Waals surface area contributed by atoms with E-state index < -0.39 is 4.92 Å². The van der Waals surface area contributed by atoms with E-state index in [1.807, 2.05) is 6.92 Å². The SMILES string of the molecule is Cc1ncsc1CNc1nccc(C#N)c1[N+](=O)[O-]. The summed E-state index contributed by atoms with van der Waals surface area (Å²) in [5, 5.41) is 22.7. The van der Waals surface area contributed by atoms with E-state index in [1.165, 1.54) is 23.6 Å². The van der Waals surface area contributed by atoms with Crippen molar-refractivity contribution in [2.24, 2.45) is 0 Å². The maximum absolute atomic E-state index is 11.0. The molecule has 0 bridgehead atoms. The number of nitro groups is 1. The monoisotopic (exact) mass is 275 g/mol. The van der Waals surface area contributed by atoms with E-state index >= 15 is 0 Å². The molecular formula is C11H9N5O2S. The number of hydrogen-bond donors (Lipinski definition) is 1. The minimum Gasteiger partial charge on any atom is -0.359 e. The first-order valence-corrected chi connectivity index (χ1v) is 6.17. The van der Waals surface area contributed by atoms with Gasteiger partial charge in [0.05, 0.1) is 22.7 Å². The van der Waals surface area contributed by atoms with Gasteiger partial charge in [0, 0.05) is 11.1 Å². The predicted octanol–water partition coefficient (Wildman–Crippen LogP) is 2.24. The molecule has 0 spiro atoms. The van der Waals surface area contributed by atoms with E-state index in [-0.39, 0.29) is 17.1 Å². The number of aryl methyl sites for hydroxylation is 1. The van der Waals surface area contributed by atoms with Crippen molar-refractivity contribution in [2.45, 2.75) is 13.5 Å². The molecule has 2 aromatic rings. The first kappa shape index (κ1) is 12.9. The molecule has 0 aliphatic carbocycles. The summed E-state index contributed by atoms with van der Waals surface area (Å²) in [7, 11) is 0. The zero-order valence-electron chi connectivity index (χ0n) is 9.95. The zero-order chi connectivity index (χ0) is 13.8. The lowest BCUT2D eigenvalue weighted by Gasteiger charge is -2.05. The highest BCUT2D eigenvalue weighted by Gasteiger charge is 2.21. The Labute approximate surface area is 112 Å². The molecule has 0 saturated carbocycles. The average Bonchev–Trinajstić information content (AvgIpc) is 2.81. The first-order valence-electron chi connectivity index (χ1n) is 5.29. The van der Waals surface area contributed by atoms with Crippen molar-refractivity contribution in [3.8, 4) is 6.07 Å². The van der Waals surface area contributed by atoms with Gasteiger partial charge in [0.2, 0.25) is 5.82 Å². The molecule has 0 atom stereocenters. The van der Waals surface area contributed by atoms with Crippen molar-refractivity contribution in [1.29, 1.82) is 5.26 Å². The molecule has 2 heterocycles. The van der Waals surface area contributed by atoms with Gasteiger partial charge in [-0.2, -0.15) is 5.26 Å². The van der Waals surface area contributed by atoms with Crippen LogP contribution in [0.5, 0.6) is 0 Å².